The van der Waals surface area contributed by atoms with Gasteiger partial charge in [-0.25, -0.2) is 24.1 Å². The monoisotopic (exact) mass is 474 g/mol. The van der Waals surface area contributed by atoms with Gasteiger partial charge in [0, 0.05) is 25.4 Å². The van der Waals surface area contributed by atoms with Crippen molar-refractivity contribution in [2.75, 3.05) is 47.1 Å². The van der Waals surface area contributed by atoms with Gasteiger partial charge in [0.25, 0.3) is 0 Å². The number of esters is 2. The molecule has 0 aromatic carbocycles. The molecule has 0 aliphatic heterocycles. The van der Waals surface area contributed by atoms with Crippen LogP contribution in [0.25, 0.3) is 0 Å². The molecule has 11 nitrogen and oxygen atoms in total. The van der Waals surface area contributed by atoms with E-state index in [-0.39, 0.29) is 44.1 Å². The topological polar surface area (TPSA) is 130 Å². The molecule has 0 saturated carbocycles. The highest BCUT2D eigenvalue weighted by molar-refractivity contribution is 6.65. The first kappa shape index (κ1) is 29.3. The number of carbonyl (C=O) groups excluding carboxylic acids is 4. The molecule has 0 bridgehead atoms. The highest BCUT2D eigenvalue weighted by Gasteiger charge is 2.29. The standard InChI is InChI=1S/C20H34N2O9Si/c1-15(2)17(23)29-12-9-21-19(25)22(10-13-30-18(24)16(3)4)20(26)31-11-8-14-32(7,27-5)28-6/h1,3,8-14H2,2,4-7H3,(H,21,25). The van der Waals surface area contributed by atoms with Crippen molar-refractivity contribution < 1.29 is 42.2 Å². The van der Waals surface area contributed by atoms with Crippen molar-refractivity contribution >= 4 is 32.6 Å². The van der Waals surface area contributed by atoms with Crippen LogP contribution in [0.3, 0.4) is 0 Å². The van der Waals surface area contributed by atoms with Crippen molar-refractivity contribution in [2.24, 2.45) is 0 Å². The van der Waals surface area contributed by atoms with Crippen molar-refractivity contribution in [1.29, 1.82) is 0 Å². The van der Waals surface area contributed by atoms with Crippen LogP contribution in [0.2, 0.25) is 12.6 Å². The minimum atomic E-state index is -2.30. The molecular formula is C20H34N2O9Si. The van der Waals surface area contributed by atoms with E-state index in [1.54, 1.807) is 14.2 Å². The fourth-order valence-corrected chi connectivity index (χ4v) is 3.43. The van der Waals surface area contributed by atoms with Crippen LogP contribution in [0, 0.1) is 0 Å². The first-order valence-corrected chi connectivity index (χ1v) is 12.5. The lowest BCUT2D eigenvalue weighted by molar-refractivity contribution is -0.139. The Hall–Kier alpha value is -2.70. The molecule has 0 radical (unpaired) electrons. The van der Waals surface area contributed by atoms with Crippen molar-refractivity contribution in [2.45, 2.75) is 32.9 Å². The molecule has 0 spiro atoms. The van der Waals surface area contributed by atoms with E-state index in [1.807, 2.05) is 6.55 Å². The van der Waals surface area contributed by atoms with Crippen molar-refractivity contribution in [3.63, 3.8) is 0 Å². The molecule has 182 valence electrons. The number of nitrogens with one attached hydrogen (secondary N) is 1. The molecule has 0 unspecified atom stereocenters. The smallest absolute Gasteiger partial charge is 0.418 e. The third-order valence-electron chi connectivity index (χ3n) is 4.19. The summed E-state index contributed by atoms with van der Waals surface area (Å²) in [5, 5.41) is 2.44. The molecule has 0 aromatic heterocycles. The lowest BCUT2D eigenvalue weighted by atomic mass is 10.4. The van der Waals surface area contributed by atoms with Gasteiger partial charge in [-0.15, -0.1) is 0 Å². The molecule has 0 aliphatic carbocycles. The fourth-order valence-electron chi connectivity index (χ4n) is 2.07. The Morgan fingerprint density at radius 1 is 0.875 bits per heavy atom. The van der Waals surface area contributed by atoms with Crippen molar-refractivity contribution in [3.8, 4) is 0 Å². The summed E-state index contributed by atoms with van der Waals surface area (Å²) >= 11 is 0. The van der Waals surface area contributed by atoms with Gasteiger partial charge in [0.1, 0.15) is 13.2 Å². The van der Waals surface area contributed by atoms with Gasteiger partial charge in [0.15, 0.2) is 0 Å². The minimum absolute atomic E-state index is 0.0414. The van der Waals surface area contributed by atoms with E-state index in [0.717, 1.165) is 4.90 Å². The van der Waals surface area contributed by atoms with Gasteiger partial charge in [-0.05, 0) is 32.9 Å². The number of hydrogen-bond acceptors (Lipinski definition) is 9. The lowest BCUT2D eigenvalue weighted by Crippen LogP contribution is -2.47. The van der Waals surface area contributed by atoms with Crippen LogP contribution < -0.4 is 5.32 Å². The van der Waals surface area contributed by atoms with E-state index in [0.29, 0.717) is 12.5 Å². The van der Waals surface area contributed by atoms with E-state index in [4.69, 9.17) is 23.1 Å². The zero-order valence-electron chi connectivity index (χ0n) is 19.5. The molecule has 1 N–H and O–H groups in total. The van der Waals surface area contributed by atoms with Gasteiger partial charge in [-0.3, -0.25) is 0 Å². The summed E-state index contributed by atoms with van der Waals surface area (Å²) in [7, 11) is 0.827. The second-order valence-electron chi connectivity index (χ2n) is 6.98. The van der Waals surface area contributed by atoms with E-state index >= 15 is 0 Å². The maximum Gasteiger partial charge on any atom is 0.418 e. The maximum absolute atomic E-state index is 12.4. The molecular weight excluding hydrogens is 440 g/mol. The van der Waals surface area contributed by atoms with Crippen molar-refractivity contribution in [1.82, 2.24) is 10.2 Å². The number of nitrogens with zero attached hydrogens (tertiary/aromatic N) is 1. The predicted molar refractivity (Wildman–Crippen MR) is 118 cm³/mol. The van der Waals surface area contributed by atoms with Gasteiger partial charge in [0.2, 0.25) is 0 Å². The quantitative estimate of drug-likeness (QED) is 0.132. The second kappa shape index (κ2) is 15.2. The summed E-state index contributed by atoms with van der Waals surface area (Å²) in [6, 6.07) is -0.204. The van der Waals surface area contributed by atoms with Crippen LogP contribution in [0.15, 0.2) is 24.3 Å². The molecule has 0 heterocycles. The number of carbonyl (C=O) groups is 4. The molecule has 0 rings (SSSR count). The predicted octanol–water partition coefficient (Wildman–Crippen LogP) is 2.13. The summed E-state index contributed by atoms with van der Waals surface area (Å²) in [5.41, 5.74) is 0.411. The van der Waals surface area contributed by atoms with Crippen LogP contribution >= 0.6 is 0 Å². The zero-order chi connectivity index (χ0) is 24.7. The van der Waals surface area contributed by atoms with Gasteiger partial charge in [-0.1, -0.05) is 13.2 Å². The average molecular weight is 475 g/mol. The number of urea groups is 1. The van der Waals surface area contributed by atoms with E-state index in [1.165, 1.54) is 13.8 Å². The number of rotatable bonds is 14. The third kappa shape index (κ3) is 11.6. The van der Waals surface area contributed by atoms with Crippen molar-refractivity contribution in [3.05, 3.63) is 24.3 Å². The molecule has 0 saturated heterocycles. The van der Waals surface area contributed by atoms with Crippen LogP contribution in [-0.4, -0.2) is 84.7 Å². The van der Waals surface area contributed by atoms with Crippen LogP contribution in [0.1, 0.15) is 20.3 Å². The van der Waals surface area contributed by atoms with Gasteiger partial charge in [-0.2, -0.15) is 0 Å². The molecule has 12 heteroatoms. The Morgan fingerprint density at radius 3 is 1.91 bits per heavy atom. The first-order chi connectivity index (χ1) is 15.0. The van der Waals surface area contributed by atoms with Gasteiger partial charge in [0.05, 0.1) is 19.7 Å². The van der Waals surface area contributed by atoms with Gasteiger partial charge >= 0.3 is 32.6 Å². The Balaban J connectivity index is 4.78. The molecule has 0 fully saturated rings. The summed E-state index contributed by atoms with van der Waals surface area (Å²) in [6.07, 6.45) is -0.432. The average Bonchev–Trinajstić information content (AvgIpc) is 2.76. The Bertz CT molecular complexity index is 693. The molecule has 0 aromatic rings. The second-order valence-corrected chi connectivity index (χ2v) is 10.6. The first-order valence-electron chi connectivity index (χ1n) is 9.95. The van der Waals surface area contributed by atoms with E-state index < -0.39 is 32.6 Å². The Labute approximate surface area is 189 Å². The van der Waals surface area contributed by atoms with E-state index in [9.17, 15) is 19.2 Å². The zero-order valence-corrected chi connectivity index (χ0v) is 20.5. The van der Waals surface area contributed by atoms with Crippen LogP contribution in [0.5, 0.6) is 0 Å². The van der Waals surface area contributed by atoms with Crippen LogP contribution in [0.4, 0.5) is 9.59 Å². The van der Waals surface area contributed by atoms with E-state index in [2.05, 4.69) is 18.5 Å². The minimum Gasteiger partial charge on any atom is -0.460 e. The molecule has 32 heavy (non-hydrogen) atoms. The highest BCUT2D eigenvalue weighted by atomic mass is 28.4. The third-order valence-corrected chi connectivity index (χ3v) is 7.18. The highest BCUT2D eigenvalue weighted by Crippen LogP contribution is 2.13. The molecule has 3 amide bonds. The summed E-state index contributed by atoms with van der Waals surface area (Å²) in [6.45, 7) is 11.2. The summed E-state index contributed by atoms with van der Waals surface area (Å²) < 4.78 is 25.7. The largest absolute Gasteiger partial charge is 0.460 e. The number of ether oxygens (including phenoxy) is 3. The fraction of sp³-hybridized carbons (Fsp3) is 0.600. The lowest BCUT2D eigenvalue weighted by Gasteiger charge is -2.23. The Kier molecular flexibility index (Phi) is 13.9. The number of amides is 3. The Morgan fingerprint density at radius 2 is 1.41 bits per heavy atom. The molecule has 0 atom stereocenters. The number of hydrogen-bond donors (Lipinski definition) is 1. The van der Waals surface area contributed by atoms with Crippen LogP contribution in [-0.2, 0) is 32.7 Å². The normalized spacial score (nSPS) is 10.7. The molecule has 0 aliphatic rings. The van der Waals surface area contributed by atoms with Gasteiger partial charge < -0.3 is 28.4 Å². The summed E-state index contributed by atoms with van der Waals surface area (Å²) in [4.78, 5) is 48.5. The SMILES string of the molecule is C=C(C)C(=O)OCCNC(=O)N(CCOC(=O)C(=C)C)C(=O)OCCC[Si](C)(OC)OC. The maximum atomic E-state index is 12.4. The number of imide groups is 1. The summed E-state index contributed by atoms with van der Waals surface area (Å²) in [5.74, 6) is -1.24.